The Labute approximate surface area is 135 Å². The smallest absolute Gasteiger partial charge is 0.0478 e. The van der Waals surface area contributed by atoms with E-state index in [9.17, 15) is 0 Å². The van der Waals surface area contributed by atoms with Gasteiger partial charge in [-0.25, -0.2) is 0 Å². The molecule has 0 saturated heterocycles. The molecule has 108 valence electrons. The van der Waals surface area contributed by atoms with E-state index in [-0.39, 0.29) is 12.4 Å². The maximum Gasteiger partial charge on any atom is 0.0478 e. The highest BCUT2D eigenvalue weighted by Crippen LogP contribution is 2.27. The Morgan fingerprint density at radius 1 is 1.10 bits per heavy atom. The lowest BCUT2D eigenvalue weighted by Crippen LogP contribution is -2.17. The van der Waals surface area contributed by atoms with Gasteiger partial charge in [0.2, 0.25) is 0 Å². The average Bonchev–Trinajstić information content (AvgIpc) is 2.42. The van der Waals surface area contributed by atoms with Crippen LogP contribution in [-0.2, 0) is 0 Å². The summed E-state index contributed by atoms with van der Waals surface area (Å²) in [7, 11) is 4.22. The first-order valence-electron chi connectivity index (χ1n) is 6.48. The van der Waals surface area contributed by atoms with E-state index in [1.807, 2.05) is 12.3 Å². The molecule has 1 heterocycles. The van der Waals surface area contributed by atoms with Crippen LogP contribution in [0.5, 0.6) is 0 Å². The summed E-state index contributed by atoms with van der Waals surface area (Å²) in [5, 5.41) is 0. The molecule has 1 unspecified atom stereocenters. The minimum absolute atomic E-state index is 0. The summed E-state index contributed by atoms with van der Waals surface area (Å²) in [6, 6.07) is 14.7. The van der Waals surface area contributed by atoms with Crippen molar-refractivity contribution in [2.75, 3.05) is 20.6 Å². The zero-order chi connectivity index (χ0) is 13.7. The summed E-state index contributed by atoms with van der Waals surface area (Å²) in [4.78, 5) is 6.74. The number of rotatable bonds is 5. The number of hydrogen-bond acceptors (Lipinski definition) is 2. The molecule has 4 heteroatoms. The molecular formula is C16H20BrClN2. The number of nitrogens with zero attached hydrogens (tertiary/aromatic N) is 2. The molecule has 0 N–H and O–H groups in total. The fourth-order valence-electron chi connectivity index (χ4n) is 2.15. The van der Waals surface area contributed by atoms with Crippen LogP contribution in [0.1, 0.15) is 23.6 Å². The van der Waals surface area contributed by atoms with Gasteiger partial charge in [-0.2, -0.15) is 0 Å². The van der Waals surface area contributed by atoms with Crippen LogP contribution in [0.15, 0.2) is 53.1 Å². The van der Waals surface area contributed by atoms with Crippen LogP contribution in [0.2, 0.25) is 0 Å². The Morgan fingerprint density at radius 3 is 2.35 bits per heavy atom. The molecular weight excluding hydrogens is 336 g/mol. The molecule has 0 aliphatic heterocycles. The van der Waals surface area contributed by atoms with Crippen LogP contribution in [-0.4, -0.2) is 30.5 Å². The average molecular weight is 356 g/mol. The van der Waals surface area contributed by atoms with Gasteiger partial charge in [0.1, 0.15) is 0 Å². The van der Waals surface area contributed by atoms with Gasteiger partial charge in [0.05, 0.1) is 0 Å². The first-order valence-corrected chi connectivity index (χ1v) is 7.27. The van der Waals surface area contributed by atoms with Crippen molar-refractivity contribution in [3.05, 3.63) is 64.4 Å². The van der Waals surface area contributed by atoms with Crippen molar-refractivity contribution in [1.29, 1.82) is 0 Å². The van der Waals surface area contributed by atoms with E-state index in [4.69, 9.17) is 0 Å². The molecule has 2 rings (SSSR count). The molecule has 1 atom stereocenters. The Hall–Kier alpha value is -0.900. The topological polar surface area (TPSA) is 16.1 Å². The number of pyridine rings is 1. The standard InChI is InChI=1S/C16H19BrN2.ClH/c1-19(2)12-10-15(16-5-3-4-11-18-16)13-6-8-14(17)9-7-13;/h3-9,11,15H,10,12H2,1-2H3;1H. The van der Waals surface area contributed by atoms with Crippen molar-refractivity contribution in [1.82, 2.24) is 9.88 Å². The van der Waals surface area contributed by atoms with Crippen molar-refractivity contribution in [2.45, 2.75) is 12.3 Å². The molecule has 0 saturated carbocycles. The normalized spacial score (nSPS) is 12.0. The molecule has 20 heavy (non-hydrogen) atoms. The second kappa shape index (κ2) is 8.40. The Kier molecular flexibility index (Phi) is 7.20. The van der Waals surface area contributed by atoms with E-state index >= 15 is 0 Å². The highest BCUT2D eigenvalue weighted by Gasteiger charge is 2.15. The Bertz CT molecular complexity index is 500. The SMILES string of the molecule is CN(C)CCC(c1ccc(Br)cc1)c1ccccn1.Cl. The highest BCUT2D eigenvalue weighted by molar-refractivity contribution is 9.10. The maximum atomic E-state index is 4.53. The summed E-state index contributed by atoms with van der Waals surface area (Å²) >= 11 is 3.49. The minimum Gasteiger partial charge on any atom is -0.309 e. The lowest BCUT2D eigenvalue weighted by Gasteiger charge is -2.19. The van der Waals surface area contributed by atoms with Crippen LogP contribution < -0.4 is 0 Å². The highest BCUT2D eigenvalue weighted by atomic mass is 79.9. The second-order valence-electron chi connectivity index (χ2n) is 4.95. The molecule has 0 bridgehead atoms. The molecule has 0 aliphatic carbocycles. The van der Waals surface area contributed by atoms with Gasteiger partial charge in [-0.05, 0) is 56.9 Å². The maximum absolute atomic E-state index is 4.53. The number of hydrogen-bond donors (Lipinski definition) is 0. The molecule has 0 fully saturated rings. The Morgan fingerprint density at radius 2 is 1.80 bits per heavy atom. The quantitative estimate of drug-likeness (QED) is 0.792. The molecule has 0 spiro atoms. The van der Waals surface area contributed by atoms with Crippen molar-refractivity contribution in [3.63, 3.8) is 0 Å². The monoisotopic (exact) mass is 354 g/mol. The van der Waals surface area contributed by atoms with Gasteiger partial charge in [-0.3, -0.25) is 4.98 Å². The third-order valence-corrected chi connectivity index (χ3v) is 3.71. The first kappa shape index (κ1) is 17.2. The first-order chi connectivity index (χ1) is 9.16. The van der Waals surface area contributed by atoms with Gasteiger partial charge < -0.3 is 4.90 Å². The number of aromatic nitrogens is 1. The summed E-state index contributed by atoms with van der Waals surface area (Å²) < 4.78 is 1.11. The van der Waals surface area contributed by atoms with Crippen LogP contribution in [0, 0.1) is 0 Å². The zero-order valence-electron chi connectivity index (χ0n) is 11.8. The van der Waals surface area contributed by atoms with E-state index in [1.54, 1.807) is 0 Å². The van der Waals surface area contributed by atoms with E-state index in [1.165, 1.54) is 5.56 Å². The predicted octanol–water partition coefficient (Wildman–Crippen LogP) is 4.35. The lowest BCUT2D eigenvalue weighted by molar-refractivity contribution is 0.389. The van der Waals surface area contributed by atoms with E-state index in [0.717, 1.165) is 23.1 Å². The second-order valence-corrected chi connectivity index (χ2v) is 5.87. The predicted molar refractivity (Wildman–Crippen MR) is 90.6 cm³/mol. The molecule has 0 aliphatic rings. The lowest BCUT2D eigenvalue weighted by atomic mass is 9.92. The summed E-state index contributed by atoms with van der Waals surface area (Å²) in [5.41, 5.74) is 2.47. The Balaban J connectivity index is 0.00000200. The number of halogens is 2. The zero-order valence-corrected chi connectivity index (χ0v) is 14.2. The van der Waals surface area contributed by atoms with Gasteiger partial charge in [-0.15, -0.1) is 12.4 Å². The number of benzene rings is 1. The molecule has 2 aromatic rings. The van der Waals surface area contributed by atoms with Crippen molar-refractivity contribution >= 4 is 28.3 Å². The largest absolute Gasteiger partial charge is 0.309 e. The van der Waals surface area contributed by atoms with Crippen LogP contribution in [0.25, 0.3) is 0 Å². The fraction of sp³-hybridized carbons (Fsp3) is 0.312. The molecule has 2 nitrogen and oxygen atoms in total. The van der Waals surface area contributed by atoms with Gasteiger partial charge >= 0.3 is 0 Å². The molecule has 1 aromatic carbocycles. The van der Waals surface area contributed by atoms with Gasteiger partial charge in [0.15, 0.2) is 0 Å². The molecule has 0 radical (unpaired) electrons. The van der Waals surface area contributed by atoms with Crippen molar-refractivity contribution in [2.24, 2.45) is 0 Å². The third kappa shape index (κ3) is 4.89. The van der Waals surface area contributed by atoms with Crippen LogP contribution in [0.4, 0.5) is 0 Å². The van der Waals surface area contributed by atoms with Crippen LogP contribution >= 0.6 is 28.3 Å². The molecule has 0 amide bonds. The van der Waals surface area contributed by atoms with E-state index in [0.29, 0.717) is 5.92 Å². The third-order valence-electron chi connectivity index (χ3n) is 3.18. The summed E-state index contributed by atoms with van der Waals surface area (Å²) in [6.45, 7) is 1.05. The van der Waals surface area contributed by atoms with Crippen LogP contribution in [0.3, 0.4) is 0 Å². The van der Waals surface area contributed by atoms with E-state index < -0.39 is 0 Å². The van der Waals surface area contributed by atoms with Crippen molar-refractivity contribution in [3.8, 4) is 0 Å². The summed E-state index contributed by atoms with van der Waals surface area (Å²) in [6.07, 6.45) is 2.95. The van der Waals surface area contributed by atoms with Gasteiger partial charge in [0, 0.05) is 22.3 Å². The fourth-order valence-corrected chi connectivity index (χ4v) is 2.41. The van der Waals surface area contributed by atoms with E-state index in [2.05, 4.69) is 76.3 Å². The van der Waals surface area contributed by atoms with Gasteiger partial charge in [-0.1, -0.05) is 34.1 Å². The molecule has 1 aromatic heterocycles. The minimum atomic E-state index is 0. The summed E-state index contributed by atoms with van der Waals surface area (Å²) in [5.74, 6) is 0.358. The van der Waals surface area contributed by atoms with Crippen molar-refractivity contribution < 1.29 is 0 Å². The van der Waals surface area contributed by atoms with Gasteiger partial charge in [0.25, 0.3) is 0 Å².